The number of hydrogen-bond donors (Lipinski definition) is 1. The fraction of sp³-hybridized carbons (Fsp3) is 0.308. The highest BCUT2D eigenvalue weighted by Crippen LogP contribution is 2.16. The number of carbonyl (C=O) groups excluding carboxylic acids is 1. The van der Waals surface area contributed by atoms with Gasteiger partial charge in [0.25, 0.3) is 0 Å². The van der Waals surface area contributed by atoms with E-state index in [-0.39, 0.29) is 5.97 Å². The summed E-state index contributed by atoms with van der Waals surface area (Å²) in [4.78, 5) is 14.3. The van der Waals surface area contributed by atoms with E-state index in [0.717, 1.165) is 18.4 Å². The molecule has 1 N–H and O–H groups in total. The molecule has 84 valence electrons. The van der Waals surface area contributed by atoms with Crippen molar-refractivity contribution in [1.82, 2.24) is 4.98 Å². The molecule has 0 amide bonds. The molecule has 0 saturated heterocycles. The molecule has 0 aliphatic heterocycles. The largest absolute Gasteiger partial charge is 0.469 e. The molecule has 16 heavy (non-hydrogen) atoms. The van der Waals surface area contributed by atoms with Crippen LogP contribution in [0.2, 0.25) is 0 Å². The minimum absolute atomic E-state index is 0.142. The molecule has 0 radical (unpaired) electrons. The molecule has 0 spiro atoms. The first-order valence-electron chi connectivity index (χ1n) is 5.43. The quantitative estimate of drug-likeness (QED) is 0.800. The van der Waals surface area contributed by atoms with E-state index >= 15 is 0 Å². The maximum absolute atomic E-state index is 10.9. The molecule has 1 aromatic carbocycles. The molecule has 0 bridgehead atoms. The Morgan fingerprint density at radius 3 is 2.94 bits per heavy atom. The van der Waals surface area contributed by atoms with Gasteiger partial charge in [-0.2, -0.15) is 0 Å². The number of aromatic amines is 1. The Balaban J connectivity index is 1.97. The van der Waals surface area contributed by atoms with E-state index in [0.29, 0.717) is 6.42 Å². The van der Waals surface area contributed by atoms with Crippen LogP contribution in [-0.4, -0.2) is 18.1 Å². The average Bonchev–Trinajstić information content (AvgIpc) is 2.71. The number of carbonyl (C=O) groups is 1. The fourth-order valence-electron chi connectivity index (χ4n) is 1.79. The van der Waals surface area contributed by atoms with Crippen molar-refractivity contribution in [1.29, 1.82) is 0 Å². The van der Waals surface area contributed by atoms with Crippen LogP contribution in [0.3, 0.4) is 0 Å². The topological polar surface area (TPSA) is 42.1 Å². The minimum atomic E-state index is -0.142. The third kappa shape index (κ3) is 2.42. The van der Waals surface area contributed by atoms with Crippen LogP contribution in [0, 0.1) is 0 Å². The third-order valence-corrected chi connectivity index (χ3v) is 2.64. The number of hydrogen-bond acceptors (Lipinski definition) is 2. The molecular weight excluding hydrogens is 202 g/mol. The summed E-state index contributed by atoms with van der Waals surface area (Å²) in [6.45, 7) is 0. The Labute approximate surface area is 94.4 Å². The maximum atomic E-state index is 10.9. The number of benzene rings is 1. The number of aromatic nitrogens is 1. The molecule has 1 heterocycles. The predicted molar refractivity (Wildman–Crippen MR) is 63.3 cm³/mol. The highest BCUT2D eigenvalue weighted by molar-refractivity contribution is 5.80. The monoisotopic (exact) mass is 217 g/mol. The van der Waals surface area contributed by atoms with Crippen LogP contribution in [0.15, 0.2) is 30.3 Å². The first-order valence-corrected chi connectivity index (χ1v) is 5.43. The van der Waals surface area contributed by atoms with Gasteiger partial charge in [-0.1, -0.05) is 18.2 Å². The summed E-state index contributed by atoms with van der Waals surface area (Å²) in [5, 5.41) is 1.22. The Hall–Kier alpha value is -1.77. The van der Waals surface area contributed by atoms with Gasteiger partial charge in [-0.25, -0.2) is 0 Å². The van der Waals surface area contributed by atoms with Crippen molar-refractivity contribution in [2.24, 2.45) is 0 Å². The Morgan fingerprint density at radius 2 is 2.19 bits per heavy atom. The normalized spacial score (nSPS) is 10.6. The number of H-pyrrole nitrogens is 1. The van der Waals surface area contributed by atoms with E-state index in [1.807, 2.05) is 12.1 Å². The number of rotatable bonds is 4. The van der Waals surface area contributed by atoms with Crippen molar-refractivity contribution in [3.8, 4) is 0 Å². The second-order valence-electron chi connectivity index (χ2n) is 3.81. The highest BCUT2D eigenvalue weighted by Gasteiger charge is 2.03. The van der Waals surface area contributed by atoms with Crippen LogP contribution >= 0.6 is 0 Å². The average molecular weight is 217 g/mol. The van der Waals surface area contributed by atoms with E-state index in [1.54, 1.807) is 0 Å². The third-order valence-electron chi connectivity index (χ3n) is 2.64. The van der Waals surface area contributed by atoms with Gasteiger partial charge in [-0.05, 0) is 30.4 Å². The van der Waals surface area contributed by atoms with E-state index in [9.17, 15) is 4.79 Å². The zero-order valence-corrected chi connectivity index (χ0v) is 9.32. The number of para-hydroxylation sites is 1. The molecule has 0 fully saturated rings. The Kier molecular flexibility index (Phi) is 3.25. The lowest BCUT2D eigenvalue weighted by Gasteiger charge is -1.97. The van der Waals surface area contributed by atoms with Gasteiger partial charge in [0.1, 0.15) is 0 Å². The second kappa shape index (κ2) is 4.84. The summed E-state index contributed by atoms with van der Waals surface area (Å²) >= 11 is 0. The van der Waals surface area contributed by atoms with Crippen LogP contribution in [0.5, 0.6) is 0 Å². The molecule has 0 atom stereocenters. The minimum Gasteiger partial charge on any atom is -0.469 e. The number of methoxy groups -OCH3 is 1. The van der Waals surface area contributed by atoms with Gasteiger partial charge in [-0.3, -0.25) is 4.79 Å². The smallest absolute Gasteiger partial charge is 0.305 e. The number of nitrogens with one attached hydrogen (secondary N) is 1. The van der Waals surface area contributed by atoms with Gasteiger partial charge >= 0.3 is 5.97 Å². The van der Waals surface area contributed by atoms with E-state index in [2.05, 4.69) is 27.9 Å². The van der Waals surface area contributed by atoms with Gasteiger partial charge in [0, 0.05) is 17.6 Å². The summed E-state index contributed by atoms with van der Waals surface area (Å²) in [7, 11) is 1.42. The number of aryl methyl sites for hydroxylation is 1. The SMILES string of the molecule is COC(=O)CCCc1cc2ccccc2[nH]1. The molecule has 3 heteroatoms. The van der Waals surface area contributed by atoms with Crippen molar-refractivity contribution in [2.75, 3.05) is 7.11 Å². The van der Waals surface area contributed by atoms with Crippen molar-refractivity contribution < 1.29 is 9.53 Å². The molecule has 2 rings (SSSR count). The Morgan fingerprint density at radius 1 is 1.38 bits per heavy atom. The fourth-order valence-corrected chi connectivity index (χ4v) is 1.79. The summed E-state index contributed by atoms with van der Waals surface area (Å²) in [5.41, 5.74) is 2.32. The summed E-state index contributed by atoms with van der Waals surface area (Å²) in [6, 6.07) is 10.3. The van der Waals surface area contributed by atoms with Crippen molar-refractivity contribution in [3.05, 3.63) is 36.0 Å². The van der Waals surface area contributed by atoms with E-state index < -0.39 is 0 Å². The van der Waals surface area contributed by atoms with E-state index in [4.69, 9.17) is 0 Å². The molecule has 2 aromatic rings. The van der Waals surface area contributed by atoms with Crippen LogP contribution in [0.4, 0.5) is 0 Å². The predicted octanol–water partition coefficient (Wildman–Crippen LogP) is 2.66. The second-order valence-corrected chi connectivity index (χ2v) is 3.81. The van der Waals surface area contributed by atoms with Gasteiger partial charge in [0.05, 0.1) is 7.11 Å². The number of esters is 1. The standard InChI is InChI=1S/C13H15NO2/c1-16-13(15)8-4-6-11-9-10-5-2-3-7-12(10)14-11/h2-3,5,7,9,14H,4,6,8H2,1H3. The van der Waals surface area contributed by atoms with Gasteiger partial charge in [0.2, 0.25) is 0 Å². The molecule has 0 unspecified atom stereocenters. The molecule has 0 aliphatic rings. The van der Waals surface area contributed by atoms with Gasteiger partial charge < -0.3 is 9.72 Å². The zero-order chi connectivity index (χ0) is 11.4. The lowest BCUT2D eigenvalue weighted by atomic mass is 10.2. The van der Waals surface area contributed by atoms with Gasteiger partial charge in [0.15, 0.2) is 0 Å². The van der Waals surface area contributed by atoms with Crippen LogP contribution in [0.25, 0.3) is 10.9 Å². The van der Waals surface area contributed by atoms with Crippen LogP contribution < -0.4 is 0 Å². The summed E-state index contributed by atoms with van der Waals surface area (Å²) in [6.07, 6.45) is 2.18. The van der Waals surface area contributed by atoms with Crippen molar-refractivity contribution in [3.63, 3.8) is 0 Å². The van der Waals surface area contributed by atoms with Crippen LogP contribution in [0.1, 0.15) is 18.5 Å². The zero-order valence-electron chi connectivity index (χ0n) is 9.32. The molecule has 1 aromatic heterocycles. The van der Waals surface area contributed by atoms with Gasteiger partial charge in [-0.15, -0.1) is 0 Å². The first-order chi connectivity index (χ1) is 7.79. The lowest BCUT2D eigenvalue weighted by molar-refractivity contribution is -0.140. The molecule has 0 saturated carbocycles. The maximum Gasteiger partial charge on any atom is 0.305 e. The summed E-state index contributed by atoms with van der Waals surface area (Å²) in [5.74, 6) is -0.142. The van der Waals surface area contributed by atoms with Crippen molar-refractivity contribution in [2.45, 2.75) is 19.3 Å². The van der Waals surface area contributed by atoms with Crippen LogP contribution in [-0.2, 0) is 16.0 Å². The lowest BCUT2D eigenvalue weighted by Crippen LogP contribution is -2.00. The number of fused-ring (bicyclic) bond motifs is 1. The summed E-state index contributed by atoms with van der Waals surface area (Å²) < 4.78 is 4.60. The Bertz CT molecular complexity index is 454. The molecule has 3 nitrogen and oxygen atoms in total. The highest BCUT2D eigenvalue weighted by atomic mass is 16.5. The molecular formula is C13H15NO2. The number of ether oxygens (including phenoxy) is 1. The van der Waals surface area contributed by atoms with E-state index in [1.165, 1.54) is 18.2 Å². The molecule has 0 aliphatic carbocycles. The van der Waals surface area contributed by atoms with Crippen molar-refractivity contribution >= 4 is 16.9 Å². The first kappa shape index (κ1) is 10.7.